The van der Waals surface area contributed by atoms with Gasteiger partial charge in [0, 0.05) is 19.3 Å². The maximum Gasteiger partial charge on any atom is 0.306 e. The van der Waals surface area contributed by atoms with Crippen LogP contribution in [0.3, 0.4) is 0 Å². The normalized spacial score (nSPS) is 12.1. The molecule has 0 unspecified atom stereocenters. The number of hydrogen-bond acceptors (Lipinski definition) is 6. The Labute approximate surface area is 323 Å². The molecule has 0 aromatic rings. The van der Waals surface area contributed by atoms with Crippen molar-refractivity contribution in [1.29, 1.82) is 0 Å². The van der Waals surface area contributed by atoms with E-state index in [1.54, 1.807) is 0 Å². The third kappa shape index (κ3) is 39.6. The summed E-state index contributed by atoms with van der Waals surface area (Å²) in [6, 6.07) is 0. The van der Waals surface area contributed by atoms with Gasteiger partial charge < -0.3 is 14.2 Å². The Kier molecular flexibility index (Phi) is 37.9. The molecule has 308 valence electrons. The lowest BCUT2D eigenvalue weighted by molar-refractivity contribution is -0.167. The fraction of sp³-hybridized carbons (Fsp3) is 0.935. The second kappa shape index (κ2) is 39.1. The Hall–Kier alpha value is -1.59. The number of ether oxygens (including phenoxy) is 3. The smallest absolute Gasteiger partial charge is 0.306 e. The van der Waals surface area contributed by atoms with Gasteiger partial charge >= 0.3 is 17.9 Å². The first kappa shape index (κ1) is 50.4. The van der Waals surface area contributed by atoms with Crippen LogP contribution in [0.4, 0.5) is 0 Å². The zero-order valence-electron chi connectivity index (χ0n) is 35.4. The van der Waals surface area contributed by atoms with Gasteiger partial charge in [-0.2, -0.15) is 0 Å². The van der Waals surface area contributed by atoms with E-state index in [0.717, 1.165) is 69.6 Å². The van der Waals surface area contributed by atoms with Crippen molar-refractivity contribution < 1.29 is 28.6 Å². The van der Waals surface area contributed by atoms with Gasteiger partial charge in [-0.25, -0.2) is 0 Å². The second-order valence-corrected chi connectivity index (χ2v) is 16.6. The van der Waals surface area contributed by atoms with E-state index in [2.05, 4.69) is 34.6 Å². The first-order chi connectivity index (χ1) is 25.2. The van der Waals surface area contributed by atoms with Crippen molar-refractivity contribution in [3.05, 3.63) is 0 Å². The molecule has 0 fully saturated rings. The van der Waals surface area contributed by atoms with Crippen molar-refractivity contribution >= 4 is 17.9 Å². The number of carbonyl (C=O) groups is 3. The monoisotopic (exact) mass is 737 g/mol. The predicted molar refractivity (Wildman–Crippen MR) is 220 cm³/mol. The van der Waals surface area contributed by atoms with Crippen molar-refractivity contribution in [1.82, 2.24) is 0 Å². The number of esters is 3. The molecule has 0 radical (unpaired) electrons. The summed E-state index contributed by atoms with van der Waals surface area (Å²) in [5.74, 6) is 0.696. The molecule has 0 saturated carbocycles. The lowest BCUT2D eigenvalue weighted by Crippen LogP contribution is -2.30. The van der Waals surface area contributed by atoms with E-state index in [9.17, 15) is 14.4 Å². The molecule has 52 heavy (non-hydrogen) atoms. The zero-order valence-corrected chi connectivity index (χ0v) is 35.4. The molecule has 0 amide bonds. The van der Waals surface area contributed by atoms with Gasteiger partial charge in [-0.1, -0.05) is 208 Å². The number of carbonyl (C=O) groups excluding carboxylic acids is 3. The van der Waals surface area contributed by atoms with Crippen molar-refractivity contribution in [2.24, 2.45) is 11.8 Å². The minimum absolute atomic E-state index is 0.0658. The summed E-state index contributed by atoms with van der Waals surface area (Å²) < 4.78 is 16.7. The third-order valence-corrected chi connectivity index (χ3v) is 10.2. The lowest BCUT2D eigenvalue weighted by Gasteiger charge is -2.18. The Morgan fingerprint density at radius 1 is 0.365 bits per heavy atom. The number of unbranched alkanes of at least 4 members (excludes halogenated alkanes) is 25. The maximum atomic E-state index is 12.7. The Bertz CT molecular complexity index is 794. The summed E-state index contributed by atoms with van der Waals surface area (Å²) in [5, 5.41) is 0. The molecule has 0 saturated heterocycles. The Balaban J connectivity index is 4.31. The number of rotatable bonds is 40. The van der Waals surface area contributed by atoms with E-state index in [1.807, 2.05) is 0 Å². The van der Waals surface area contributed by atoms with Crippen molar-refractivity contribution in [2.45, 2.75) is 253 Å². The fourth-order valence-electron chi connectivity index (χ4n) is 6.75. The third-order valence-electron chi connectivity index (χ3n) is 10.2. The lowest BCUT2D eigenvalue weighted by atomic mass is 10.0. The molecule has 0 aliphatic heterocycles. The molecule has 0 aliphatic carbocycles. The van der Waals surface area contributed by atoms with Crippen LogP contribution < -0.4 is 0 Å². The van der Waals surface area contributed by atoms with E-state index >= 15 is 0 Å². The van der Waals surface area contributed by atoms with Gasteiger partial charge in [0.1, 0.15) is 13.2 Å². The molecule has 0 spiro atoms. The van der Waals surface area contributed by atoms with Gasteiger partial charge in [-0.15, -0.1) is 0 Å². The van der Waals surface area contributed by atoms with E-state index in [1.165, 1.54) is 135 Å². The molecule has 0 aliphatic rings. The standard InChI is InChI=1S/C46H88O6/c1-6-7-8-9-10-11-12-13-14-15-16-21-26-31-36-44(47)50-39-43(52-46(49)38-33-28-23-18-20-25-30-35-42(4)5)40-51-45(48)37-32-27-22-17-19-24-29-34-41(2)3/h41-43H,6-40H2,1-5H3/t43-/m1/s1. The van der Waals surface area contributed by atoms with Gasteiger partial charge in [-0.3, -0.25) is 14.4 Å². The average Bonchev–Trinajstić information content (AvgIpc) is 3.11. The summed E-state index contributed by atoms with van der Waals surface area (Å²) >= 11 is 0. The van der Waals surface area contributed by atoms with Gasteiger partial charge in [0.25, 0.3) is 0 Å². The SMILES string of the molecule is CCCCCCCCCCCCCCCCC(=O)OC[C@H](COC(=O)CCCCCCCCCC(C)C)OC(=O)CCCCCCCCCC(C)C. The first-order valence-electron chi connectivity index (χ1n) is 22.7. The van der Waals surface area contributed by atoms with Gasteiger partial charge in [0.2, 0.25) is 0 Å². The molecule has 6 heteroatoms. The van der Waals surface area contributed by atoms with Gasteiger partial charge in [-0.05, 0) is 31.1 Å². The van der Waals surface area contributed by atoms with Gasteiger partial charge in [0.05, 0.1) is 0 Å². The van der Waals surface area contributed by atoms with Gasteiger partial charge in [0.15, 0.2) is 6.10 Å². The number of hydrogen-bond donors (Lipinski definition) is 0. The molecule has 0 bridgehead atoms. The Morgan fingerprint density at radius 2 is 0.635 bits per heavy atom. The van der Waals surface area contributed by atoms with E-state index in [4.69, 9.17) is 14.2 Å². The van der Waals surface area contributed by atoms with Crippen molar-refractivity contribution in [3.63, 3.8) is 0 Å². The quantitative estimate of drug-likeness (QED) is 0.0354. The van der Waals surface area contributed by atoms with Crippen molar-refractivity contribution in [2.75, 3.05) is 13.2 Å². The minimum atomic E-state index is -0.761. The molecule has 1 atom stereocenters. The highest BCUT2D eigenvalue weighted by Crippen LogP contribution is 2.16. The molecule has 0 rings (SSSR count). The minimum Gasteiger partial charge on any atom is -0.462 e. The molecule has 0 N–H and O–H groups in total. The van der Waals surface area contributed by atoms with E-state index in [-0.39, 0.29) is 31.1 Å². The maximum absolute atomic E-state index is 12.7. The molecule has 0 aromatic carbocycles. The van der Waals surface area contributed by atoms with E-state index < -0.39 is 6.10 Å². The largest absolute Gasteiger partial charge is 0.462 e. The highest BCUT2D eigenvalue weighted by molar-refractivity contribution is 5.71. The fourth-order valence-corrected chi connectivity index (χ4v) is 6.75. The van der Waals surface area contributed by atoms with Crippen LogP contribution in [0, 0.1) is 11.8 Å². The molecule has 0 aromatic heterocycles. The topological polar surface area (TPSA) is 78.9 Å². The highest BCUT2D eigenvalue weighted by Gasteiger charge is 2.19. The van der Waals surface area contributed by atoms with Crippen molar-refractivity contribution in [3.8, 4) is 0 Å². The van der Waals surface area contributed by atoms with Crippen LogP contribution in [0.2, 0.25) is 0 Å². The average molecular weight is 737 g/mol. The summed E-state index contributed by atoms with van der Waals surface area (Å²) in [6.07, 6.45) is 36.7. The van der Waals surface area contributed by atoms with E-state index in [0.29, 0.717) is 19.3 Å². The van der Waals surface area contributed by atoms with Crippen LogP contribution in [-0.2, 0) is 28.6 Å². The predicted octanol–water partition coefficient (Wildman–Crippen LogP) is 14.2. The highest BCUT2D eigenvalue weighted by atomic mass is 16.6. The summed E-state index contributed by atoms with van der Waals surface area (Å²) in [6.45, 7) is 11.2. The van der Waals surface area contributed by atoms with Crippen LogP contribution in [-0.4, -0.2) is 37.2 Å². The van der Waals surface area contributed by atoms with Crippen LogP contribution in [0.25, 0.3) is 0 Å². The van der Waals surface area contributed by atoms with Crippen LogP contribution in [0.15, 0.2) is 0 Å². The van der Waals surface area contributed by atoms with Crippen LogP contribution in [0.5, 0.6) is 0 Å². The summed E-state index contributed by atoms with van der Waals surface area (Å²) in [7, 11) is 0. The molecular formula is C46H88O6. The Morgan fingerprint density at radius 3 is 0.942 bits per heavy atom. The zero-order chi connectivity index (χ0) is 38.3. The summed E-state index contributed by atoms with van der Waals surface area (Å²) in [4.78, 5) is 37.6. The molecular weight excluding hydrogens is 648 g/mol. The summed E-state index contributed by atoms with van der Waals surface area (Å²) in [5.41, 5.74) is 0. The first-order valence-corrected chi connectivity index (χ1v) is 22.7. The second-order valence-electron chi connectivity index (χ2n) is 16.6. The van der Waals surface area contributed by atoms with Crippen LogP contribution >= 0.6 is 0 Å². The molecule has 0 heterocycles. The van der Waals surface area contributed by atoms with Crippen LogP contribution in [0.1, 0.15) is 247 Å². The molecule has 6 nitrogen and oxygen atoms in total.